The Bertz CT molecular complexity index is 753. The van der Waals surface area contributed by atoms with Crippen LogP contribution >= 0.6 is 0 Å². The molecule has 4 nitrogen and oxygen atoms in total. The van der Waals surface area contributed by atoms with Crippen molar-refractivity contribution in [2.75, 3.05) is 6.54 Å². The molecule has 0 aromatic rings. The van der Waals surface area contributed by atoms with Crippen molar-refractivity contribution in [2.45, 2.75) is 144 Å². The van der Waals surface area contributed by atoms with Crippen molar-refractivity contribution in [1.29, 1.82) is 0 Å². The number of rotatable bonds is 9. The summed E-state index contributed by atoms with van der Waals surface area (Å²) < 4.78 is 0. The van der Waals surface area contributed by atoms with Crippen molar-refractivity contribution in [3.63, 3.8) is 0 Å². The van der Waals surface area contributed by atoms with Gasteiger partial charge in [0.1, 0.15) is 0 Å². The predicted molar refractivity (Wildman–Crippen MR) is 157 cm³/mol. The van der Waals surface area contributed by atoms with Crippen LogP contribution in [0.3, 0.4) is 0 Å². The molecule has 4 rings (SSSR count). The van der Waals surface area contributed by atoms with Crippen LogP contribution < -0.4 is 5.73 Å². The molecule has 4 aliphatic carbocycles. The Morgan fingerprint density at radius 1 is 0.974 bits per heavy atom. The molecule has 8 atom stereocenters. The molecule has 0 spiro atoms. The van der Waals surface area contributed by atoms with E-state index in [1.165, 1.54) is 83.5 Å². The molecule has 220 valence electrons. The first-order chi connectivity index (χ1) is 18.1. The monoisotopic (exact) mass is 531 g/mol. The van der Waals surface area contributed by atoms with E-state index in [0.717, 1.165) is 54.9 Å². The third kappa shape index (κ3) is 8.05. The maximum Gasteiger partial charge on any atom is 0.373 e. The standard InChI is InChI=1S/C27H46O.C6H15N.CO2/c1-18(2)7-6-8-19(3)23-11-12-24-22-10-9-20-17-21(28)13-15-26(20,4)25(22)14-16-27(23,24)5;1-2-3-4-5-6-7;2-1-3/h9,18-19,21-25,28H,6-8,10-17H2,1-5H3;2-7H2,1H3;/t19?,21-,22-,23+,24-,25-,26-,27+;;/m0../s1. The molecule has 4 heteroatoms. The molecule has 0 heterocycles. The molecule has 0 aromatic heterocycles. The van der Waals surface area contributed by atoms with Crippen LogP contribution in [-0.4, -0.2) is 23.9 Å². The lowest BCUT2D eigenvalue weighted by Gasteiger charge is -2.58. The highest BCUT2D eigenvalue weighted by molar-refractivity contribution is 5.25. The van der Waals surface area contributed by atoms with Crippen LogP contribution in [0.15, 0.2) is 11.6 Å². The first-order valence-electron chi connectivity index (χ1n) is 16.2. The number of hydrogen-bond donors (Lipinski definition) is 2. The lowest BCUT2D eigenvalue weighted by atomic mass is 9.47. The van der Waals surface area contributed by atoms with E-state index in [1.807, 2.05) is 0 Å². The summed E-state index contributed by atoms with van der Waals surface area (Å²) in [5.41, 5.74) is 7.87. The largest absolute Gasteiger partial charge is 0.393 e. The van der Waals surface area contributed by atoms with E-state index in [0.29, 0.717) is 10.8 Å². The topological polar surface area (TPSA) is 80.4 Å². The summed E-state index contributed by atoms with van der Waals surface area (Å²) >= 11 is 0. The normalized spacial score (nSPS) is 36.2. The Morgan fingerprint density at radius 2 is 1.68 bits per heavy atom. The van der Waals surface area contributed by atoms with Gasteiger partial charge in [0, 0.05) is 0 Å². The zero-order chi connectivity index (χ0) is 28.3. The molecular weight excluding hydrogens is 470 g/mol. The predicted octanol–water partition coefficient (Wildman–Crippen LogP) is 8.33. The van der Waals surface area contributed by atoms with Crippen LogP contribution in [0.1, 0.15) is 138 Å². The van der Waals surface area contributed by atoms with Crippen LogP contribution in [0.25, 0.3) is 0 Å². The van der Waals surface area contributed by atoms with Gasteiger partial charge in [-0.25, -0.2) is 0 Å². The average Bonchev–Trinajstić information content (AvgIpc) is 3.23. The van der Waals surface area contributed by atoms with E-state index >= 15 is 0 Å². The van der Waals surface area contributed by atoms with E-state index in [9.17, 15) is 5.11 Å². The third-order valence-electron chi connectivity index (χ3n) is 11.3. The van der Waals surface area contributed by atoms with E-state index in [4.69, 9.17) is 15.3 Å². The molecule has 1 unspecified atom stereocenters. The zero-order valence-electron chi connectivity index (χ0n) is 25.8. The number of allylic oxidation sites excluding steroid dienone is 1. The summed E-state index contributed by atoms with van der Waals surface area (Å²) in [6.07, 6.45) is 22.6. The van der Waals surface area contributed by atoms with Crippen LogP contribution in [0.4, 0.5) is 0 Å². The molecule has 0 aromatic carbocycles. The van der Waals surface area contributed by atoms with Crippen molar-refractivity contribution in [2.24, 2.45) is 52.1 Å². The van der Waals surface area contributed by atoms with Gasteiger partial charge in [0.15, 0.2) is 0 Å². The van der Waals surface area contributed by atoms with Gasteiger partial charge in [0.2, 0.25) is 0 Å². The fourth-order valence-corrected chi connectivity index (χ4v) is 9.24. The van der Waals surface area contributed by atoms with E-state index in [1.54, 1.807) is 5.57 Å². The van der Waals surface area contributed by atoms with Crippen molar-refractivity contribution in [3.05, 3.63) is 11.6 Å². The molecule has 4 aliphatic rings. The smallest absolute Gasteiger partial charge is 0.373 e. The minimum Gasteiger partial charge on any atom is -0.393 e. The molecule has 0 saturated heterocycles. The number of aliphatic hydroxyl groups excluding tert-OH is 1. The van der Waals surface area contributed by atoms with Crippen molar-refractivity contribution < 1.29 is 14.7 Å². The molecule has 0 bridgehead atoms. The van der Waals surface area contributed by atoms with Crippen LogP contribution in [0.5, 0.6) is 0 Å². The molecule has 0 amide bonds. The van der Waals surface area contributed by atoms with E-state index < -0.39 is 0 Å². The number of unbranched alkanes of at least 4 members (excludes halogenated alkanes) is 3. The Hall–Kier alpha value is -0.960. The van der Waals surface area contributed by atoms with E-state index in [2.05, 4.69) is 47.6 Å². The Balaban J connectivity index is 0.000000436. The Labute approximate surface area is 235 Å². The second-order valence-electron chi connectivity index (χ2n) is 14.1. The number of carbonyl (C=O) groups excluding carboxylic acids is 2. The molecule has 0 radical (unpaired) electrons. The number of fused-ring (bicyclic) bond motifs is 5. The van der Waals surface area contributed by atoms with Crippen LogP contribution in [-0.2, 0) is 9.59 Å². The third-order valence-corrected chi connectivity index (χ3v) is 11.3. The van der Waals surface area contributed by atoms with Crippen molar-refractivity contribution in [1.82, 2.24) is 0 Å². The van der Waals surface area contributed by atoms with Crippen LogP contribution in [0, 0.1) is 46.3 Å². The molecule has 38 heavy (non-hydrogen) atoms. The summed E-state index contributed by atoms with van der Waals surface area (Å²) in [7, 11) is 0. The maximum atomic E-state index is 10.2. The summed E-state index contributed by atoms with van der Waals surface area (Å²) in [6, 6.07) is 0. The van der Waals surface area contributed by atoms with Gasteiger partial charge in [0.25, 0.3) is 0 Å². The number of aliphatic hydroxyl groups is 1. The highest BCUT2D eigenvalue weighted by Gasteiger charge is 2.59. The minimum atomic E-state index is -0.0766. The molecule has 0 aliphatic heterocycles. The zero-order valence-corrected chi connectivity index (χ0v) is 25.8. The van der Waals surface area contributed by atoms with Gasteiger partial charge in [0.05, 0.1) is 6.10 Å². The fraction of sp³-hybridized carbons (Fsp3) is 0.912. The van der Waals surface area contributed by atoms with Gasteiger partial charge in [-0.05, 0) is 111 Å². The highest BCUT2D eigenvalue weighted by atomic mass is 16.3. The van der Waals surface area contributed by atoms with Crippen LogP contribution in [0.2, 0.25) is 0 Å². The summed E-state index contributed by atoms with van der Waals surface area (Å²) in [4.78, 5) is 16.2. The summed E-state index contributed by atoms with van der Waals surface area (Å²) in [6.45, 7) is 15.6. The lowest BCUT2D eigenvalue weighted by molar-refractivity contribution is -0.191. The Kier molecular flexibility index (Phi) is 13.8. The van der Waals surface area contributed by atoms with Gasteiger partial charge < -0.3 is 10.8 Å². The SMILES string of the molecule is CC(C)CCCC(C)[C@H]1CC[C@H]2[C@@H]3CC=C4C[C@@H](O)CC[C@]4(C)[C@H]3CC[C@]12C.CCCCCCN.O=C=O. The quantitative estimate of drug-likeness (QED) is 0.231. The minimum absolute atomic E-state index is 0.0766. The van der Waals surface area contributed by atoms with Crippen molar-refractivity contribution >= 4 is 6.15 Å². The average molecular weight is 532 g/mol. The van der Waals surface area contributed by atoms with E-state index in [-0.39, 0.29) is 12.3 Å². The highest BCUT2D eigenvalue weighted by Crippen LogP contribution is 2.67. The second kappa shape index (κ2) is 15.7. The van der Waals surface area contributed by atoms with Gasteiger partial charge in [-0.2, -0.15) is 9.59 Å². The van der Waals surface area contributed by atoms with Gasteiger partial charge in [-0.15, -0.1) is 0 Å². The maximum absolute atomic E-state index is 10.2. The Morgan fingerprint density at radius 3 is 2.32 bits per heavy atom. The summed E-state index contributed by atoms with van der Waals surface area (Å²) in [5.74, 6) is 5.46. The molecule has 3 fully saturated rings. The first kappa shape index (κ1) is 33.2. The van der Waals surface area contributed by atoms with Crippen molar-refractivity contribution in [3.8, 4) is 0 Å². The molecular formula is C34H61NO3. The second-order valence-corrected chi connectivity index (χ2v) is 14.1. The van der Waals surface area contributed by atoms with Gasteiger partial charge >= 0.3 is 6.15 Å². The number of hydrogen-bond acceptors (Lipinski definition) is 4. The lowest BCUT2D eigenvalue weighted by Crippen LogP contribution is -2.50. The van der Waals surface area contributed by atoms with Gasteiger partial charge in [-0.1, -0.05) is 91.7 Å². The molecule has 3 N–H and O–H groups in total. The fourth-order valence-electron chi connectivity index (χ4n) is 9.24. The first-order valence-corrected chi connectivity index (χ1v) is 16.2. The van der Waals surface area contributed by atoms with Gasteiger partial charge in [-0.3, -0.25) is 0 Å². The summed E-state index contributed by atoms with van der Waals surface area (Å²) in [5, 5.41) is 10.2. The molecule has 3 saturated carbocycles. The number of nitrogens with two attached hydrogens (primary N) is 1.